The summed E-state index contributed by atoms with van der Waals surface area (Å²) in [5.41, 5.74) is 6.51. The van der Waals surface area contributed by atoms with E-state index in [9.17, 15) is 4.79 Å². The fourth-order valence-electron chi connectivity index (χ4n) is 2.11. The molecule has 3 N–H and O–H groups in total. The van der Waals surface area contributed by atoms with E-state index in [1.807, 2.05) is 30.3 Å². The number of ether oxygens (including phenoxy) is 1. The Bertz CT molecular complexity index is 658. The molecule has 0 aliphatic heterocycles. The fraction of sp³-hybridized carbons (Fsp3) is 0.333. The van der Waals surface area contributed by atoms with Crippen molar-refractivity contribution in [2.24, 2.45) is 5.92 Å². The van der Waals surface area contributed by atoms with E-state index in [4.69, 9.17) is 10.5 Å². The van der Waals surface area contributed by atoms with Gasteiger partial charge in [0.1, 0.15) is 0 Å². The number of nitrogens with one attached hydrogen (secondary N) is 1. The number of anilines is 3. The number of hydrogen-bond acceptors (Lipinski definition) is 7. The first-order chi connectivity index (χ1) is 10.7. The topological polar surface area (TPSA) is 103 Å². The first-order valence-corrected chi connectivity index (χ1v) is 7.20. The van der Waals surface area contributed by atoms with Gasteiger partial charge in [-0.25, -0.2) is 0 Å². The Labute approximate surface area is 127 Å². The number of aromatic nitrogens is 3. The van der Waals surface area contributed by atoms with E-state index in [1.165, 1.54) is 0 Å². The van der Waals surface area contributed by atoms with Gasteiger partial charge in [-0.1, -0.05) is 24.6 Å². The highest BCUT2D eigenvalue weighted by Gasteiger charge is 2.26. The molecule has 1 fully saturated rings. The van der Waals surface area contributed by atoms with E-state index < -0.39 is 0 Å². The van der Waals surface area contributed by atoms with Crippen LogP contribution >= 0.6 is 0 Å². The van der Waals surface area contributed by atoms with E-state index in [2.05, 4.69) is 20.3 Å². The van der Waals surface area contributed by atoms with Crippen LogP contribution in [0.25, 0.3) is 0 Å². The van der Waals surface area contributed by atoms with Crippen molar-refractivity contribution in [3.05, 3.63) is 36.2 Å². The summed E-state index contributed by atoms with van der Waals surface area (Å²) in [5, 5.41) is 3.04. The Morgan fingerprint density at radius 2 is 2.00 bits per heavy atom. The maximum atomic E-state index is 11.7. The van der Waals surface area contributed by atoms with Crippen molar-refractivity contribution in [3.63, 3.8) is 0 Å². The zero-order valence-corrected chi connectivity index (χ0v) is 12.0. The monoisotopic (exact) mass is 299 g/mol. The van der Waals surface area contributed by atoms with Crippen molar-refractivity contribution in [1.29, 1.82) is 0 Å². The number of rotatable bonds is 5. The molecule has 1 aromatic carbocycles. The molecule has 7 nitrogen and oxygen atoms in total. The molecule has 22 heavy (non-hydrogen) atoms. The second-order valence-corrected chi connectivity index (χ2v) is 5.16. The predicted octanol–water partition coefficient (Wildman–Crippen LogP) is 2.04. The number of nitrogen functional groups attached to an aromatic ring is 1. The average molecular weight is 299 g/mol. The molecule has 3 rings (SSSR count). The number of nitrogens with zero attached hydrogens (tertiary/aromatic N) is 3. The van der Waals surface area contributed by atoms with Gasteiger partial charge in [-0.2, -0.15) is 15.0 Å². The van der Waals surface area contributed by atoms with Gasteiger partial charge in [0, 0.05) is 5.69 Å². The summed E-state index contributed by atoms with van der Waals surface area (Å²) in [7, 11) is 0. The lowest BCUT2D eigenvalue weighted by Gasteiger charge is -2.22. The van der Waals surface area contributed by atoms with Gasteiger partial charge in [-0.3, -0.25) is 4.79 Å². The lowest BCUT2D eigenvalue weighted by molar-refractivity contribution is -0.153. The molecule has 0 spiro atoms. The maximum Gasteiger partial charge on any atom is 0.309 e. The van der Waals surface area contributed by atoms with E-state index in [0.717, 1.165) is 24.9 Å². The van der Waals surface area contributed by atoms with Crippen LogP contribution < -0.4 is 11.1 Å². The Morgan fingerprint density at radius 1 is 1.23 bits per heavy atom. The average Bonchev–Trinajstić information content (AvgIpc) is 2.44. The van der Waals surface area contributed by atoms with Gasteiger partial charge in [0.2, 0.25) is 11.9 Å². The molecule has 7 heteroatoms. The zero-order valence-electron chi connectivity index (χ0n) is 12.0. The lowest BCUT2D eigenvalue weighted by Crippen LogP contribution is -2.24. The molecule has 0 amide bonds. The standard InChI is InChI=1S/C15H17N5O2/c16-14-18-12(9-22-13(21)10-5-4-6-10)19-15(20-14)17-11-7-2-1-3-8-11/h1-3,7-8,10H,4-6,9H2,(H3,16,17,18,19,20). The highest BCUT2D eigenvalue weighted by molar-refractivity contribution is 5.73. The van der Waals surface area contributed by atoms with E-state index in [0.29, 0.717) is 11.8 Å². The molecule has 1 heterocycles. The van der Waals surface area contributed by atoms with Crippen molar-refractivity contribution in [3.8, 4) is 0 Å². The number of esters is 1. The van der Waals surface area contributed by atoms with Gasteiger partial charge >= 0.3 is 5.97 Å². The van der Waals surface area contributed by atoms with Gasteiger partial charge in [-0.15, -0.1) is 0 Å². The van der Waals surface area contributed by atoms with Crippen LogP contribution in [0.5, 0.6) is 0 Å². The number of carbonyl (C=O) groups excluding carboxylic acids is 1. The summed E-state index contributed by atoms with van der Waals surface area (Å²) < 4.78 is 5.22. The fourth-order valence-corrected chi connectivity index (χ4v) is 2.11. The predicted molar refractivity (Wildman–Crippen MR) is 81.1 cm³/mol. The molecule has 1 aliphatic carbocycles. The largest absolute Gasteiger partial charge is 0.457 e. The van der Waals surface area contributed by atoms with Crippen LogP contribution in [0.2, 0.25) is 0 Å². The van der Waals surface area contributed by atoms with Crippen LogP contribution in [-0.2, 0) is 16.1 Å². The molecule has 1 aliphatic rings. The van der Waals surface area contributed by atoms with Gasteiger partial charge in [-0.05, 0) is 25.0 Å². The van der Waals surface area contributed by atoms with Crippen molar-refractivity contribution in [1.82, 2.24) is 15.0 Å². The van der Waals surface area contributed by atoms with Crippen LogP contribution in [0.1, 0.15) is 25.1 Å². The van der Waals surface area contributed by atoms with Crippen LogP contribution in [0.15, 0.2) is 30.3 Å². The molecule has 0 radical (unpaired) electrons. The van der Waals surface area contributed by atoms with Crippen LogP contribution in [-0.4, -0.2) is 20.9 Å². The molecular formula is C15H17N5O2. The van der Waals surface area contributed by atoms with Crippen molar-refractivity contribution in [2.75, 3.05) is 11.1 Å². The minimum Gasteiger partial charge on any atom is -0.457 e. The molecule has 0 atom stereocenters. The molecule has 114 valence electrons. The Balaban J connectivity index is 1.65. The zero-order chi connectivity index (χ0) is 15.4. The SMILES string of the molecule is Nc1nc(COC(=O)C2CCC2)nc(Nc2ccccc2)n1. The molecule has 2 aromatic rings. The molecule has 0 saturated heterocycles. The number of carbonyl (C=O) groups is 1. The van der Waals surface area contributed by atoms with E-state index in [1.54, 1.807) is 0 Å². The van der Waals surface area contributed by atoms with Crippen molar-refractivity contribution in [2.45, 2.75) is 25.9 Å². The lowest BCUT2D eigenvalue weighted by atomic mass is 9.86. The van der Waals surface area contributed by atoms with Gasteiger partial charge in [0.25, 0.3) is 0 Å². The Morgan fingerprint density at radius 3 is 2.68 bits per heavy atom. The first-order valence-electron chi connectivity index (χ1n) is 7.20. The Hall–Kier alpha value is -2.70. The van der Waals surface area contributed by atoms with Crippen molar-refractivity contribution >= 4 is 23.6 Å². The highest BCUT2D eigenvalue weighted by Crippen LogP contribution is 2.27. The third kappa shape index (κ3) is 3.49. The summed E-state index contributed by atoms with van der Waals surface area (Å²) >= 11 is 0. The summed E-state index contributed by atoms with van der Waals surface area (Å²) in [6.45, 7) is 0.00548. The number of hydrogen-bond donors (Lipinski definition) is 2. The first kappa shape index (κ1) is 14.2. The van der Waals surface area contributed by atoms with Crippen LogP contribution in [0, 0.1) is 5.92 Å². The Kier molecular flexibility index (Phi) is 4.13. The van der Waals surface area contributed by atoms with Gasteiger partial charge in [0.05, 0.1) is 5.92 Å². The second kappa shape index (κ2) is 6.38. The van der Waals surface area contributed by atoms with Gasteiger partial charge in [0.15, 0.2) is 12.4 Å². The molecule has 0 unspecified atom stereocenters. The highest BCUT2D eigenvalue weighted by atomic mass is 16.5. The number of nitrogens with two attached hydrogens (primary N) is 1. The minimum atomic E-state index is -0.192. The molecular weight excluding hydrogens is 282 g/mol. The smallest absolute Gasteiger partial charge is 0.309 e. The number of benzene rings is 1. The normalized spacial score (nSPS) is 14.2. The maximum absolute atomic E-state index is 11.7. The molecule has 1 saturated carbocycles. The molecule has 0 bridgehead atoms. The summed E-state index contributed by atoms with van der Waals surface area (Å²) in [6, 6.07) is 9.48. The minimum absolute atomic E-state index is 0.00548. The summed E-state index contributed by atoms with van der Waals surface area (Å²) in [5.74, 6) is 0.582. The summed E-state index contributed by atoms with van der Waals surface area (Å²) in [4.78, 5) is 23.9. The van der Waals surface area contributed by atoms with E-state index >= 15 is 0 Å². The molecule has 1 aromatic heterocycles. The van der Waals surface area contributed by atoms with Crippen molar-refractivity contribution < 1.29 is 9.53 Å². The summed E-state index contributed by atoms with van der Waals surface area (Å²) in [6.07, 6.45) is 2.89. The van der Waals surface area contributed by atoms with Gasteiger partial charge < -0.3 is 15.8 Å². The van der Waals surface area contributed by atoms with Crippen LogP contribution in [0.3, 0.4) is 0 Å². The van der Waals surface area contributed by atoms with Crippen LogP contribution in [0.4, 0.5) is 17.6 Å². The quantitative estimate of drug-likeness (QED) is 0.814. The second-order valence-electron chi connectivity index (χ2n) is 5.16. The number of para-hydroxylation sites is 1. The third-order valence-corrected chi connectivity index (χ3v) is 3.51. The third-order valence-electron chi connectivity index (χ3n) is 3.51. The van der Waals surface area contributed by atoms with E-state index in [-0.39, 0.29) is 24.4 Å².